The van der Waals surface area contributed by atoms with Crippen LogP contribution < -0.4 is 5.73 Å². The second-order valence-corrected chi connectivity index (χ2v) is 7.99. The van der Waals surface area contributed by atoms with Gasteiger partial charge in [0.05, 0.1) is 6.54 Å². The largest absolute Gasteiger partial charge is 0.369 e. The van der Waals surface area contributed by atoms with Gasteiger partial charge >= 0.3 is 0 Å². The molecule has 26 heavy (non-hydrogen) atoms. The highest BCUT2D eigenvalue weighted by atomic mass is 16.2. The van der Waals surface area contributed by atoms with E-state index in [-0.39, 0.29) is 23.7 Å². The third-order valence-electron chi connectivity index (χ3n) is 6.21. The smallest absolute Gasteiger partial charge is 0.236 e. The maximum atomic E-state index is 12.6. The highest BCUT2D eigenvalue weighted by Crippen LogP contribution is 2.22. The molecule has 0 aromatic heterocycles. The molecule has 0 aromatic rings. The number of nitrogens with two attached hydrogens (primary N) is 1. The van der Waals surface area contributed by atoms with Crippen molar-refractivity contribution in [3.05, 3.63) is 0 Å². The van der Waals surface area contributed by atoms with Crippen LogP contribution in [0.25, 0.3) is 0 Å². The molecule has 3 aliphatic rings. The van der Waals surface area contributed by atoms with Crippen molar-refractivity contribution >= 4 is 17.7 Å². The predicted molar refractivity (Wildman–Crippen MR) is 98.1 cm³/mol. The Morgan fingerprint density at radius 3 is 1.88 bits per heavy atom. The molecule has 7 nitrogen and oxygen atoms in total. The Hall–Kier alpha value is -1.63. The standard InChI is InChI=1S/C19H32N4O3/c20-18(25)15-6-12-22(13-7-15)17(24)14-21-10-4-16(5-11-21)19(26)23-8-2-1-3-9-23/h15-16H,1-14H2,(H2,20,25). The average Bonchev–Trinajstić information content (AvgIpc) is 2.68. The minimum atomic E-state index is -0.252. The monoisotopic (exact) mass is 364 g/mol. The predicted octanol–water partition coefficient (Wildman–Crippen LogP) is 0.435. The van der Waals surface area contributed by atoms with Crippen LogP contribution in [0.15, 0.2) is 0 Å². The Morgan fingerprint density at radius 1 is 0.731 bits per heavy atom. The van der Waals surface area contributed by atoms with Gasteiger partial charge in [-0.2, -0.15) is 0 Å². The molecule has 0 aromatic carbocycles. The van der Waals surface area contributed by atoms with Crippen molar-refractivity contribution in [2.45, 2.75) is 44.9 Å². The van der Waals surface area contributed by atoms with Crippen molar-refractivity contribution in [3.63, 3.8) is 0 Å². The first-order valence-electron chi connectivity index (χ1n) is 10.1. The van der Waals surface area contributed by atoms with Crippen molar-refractivity contribution in [1.29, 1.82) is 0 Å². The molecule has 146 valence electrons. The van der Waals surface area contributed by atoms with Crippen LogP contribution in [0.3, 0.4) is 0 Å². The highest BCUT2D eigenvalue weighted by Gasteiger charge is 2.31. The van der Waals surface area contributed by atoms with Gasteiger partial charge in [-0.25, -0.2) is 0 Å². The lowest BCUT2D eigenvalue weighted by atomic mass is 9.94. The number of likely N-dealkylation sites (tertiary alicyclic amines) is 3. The zero-order valence-corrected chi connectivity index (χ0v) is 15.7. The summed E-state index contributed by atoms with van der Waals surface area (Å²) in [6.45, 7) is 5.12. The summed E-state index contributed by atoms with van der Waals surface area (Å²) >= 11 is 0. The Balaban J connectivity index is 1.39. The second kappa shape index (κ2) is 8.84. The van der Waals surface area contributed by atoms with Gasteiger partial charge in [-0.1, -0.05) is 0 Å². The topological polar surface area (TPSA) is 87.0 Å². The highest BCUT2D eigenvalue weighted by molar-refractivity contribution is 5.80. The summed E-state index contributed by atoms with van der Waals surface area (Å²) in [6, 6.07) is 0. The first-order chi connectivity index (χ1) is 12.5. The molecule has 3 amide bonds. The van der Waals surface area contributed by atoms with Crippen molar-refractivity contribution in [1.82, 2.24) is 14.7 Å². The van der Waals surface area contributed by atoms with Crippen molar-refractivity contribution in [2.24, 2.45) is 17.6 Å². The molecule has 7 heteroatoms. The lowest BCUT2D eigenvalue weighted by Crippen LogP contribution is -2.49. The maximum absolute atomic E-state index is 12.6. The molecule has 3 rings (SSSR count). The van der Waals surface area contributed by atoms with E-state index >= 15 is 0 Å². The van der Waals surface area contributed by atoms with Gasteiger partial charge in [0.2, 0.25) is 17.7 Å². The van der Waals surface area contributed by atoms with Crippen LogP contribution in [-0.4, -0.2) is 78.2 Å². The molecule has 3 saturated heterocycles. The molecular weight excluding hydrogens is 332 g/mol. The van der Waals surface area contributed by atoms with Crippen LogP contribution >= 0.6 is 0 Å². The number of amides is 3. The number of carbonyl (C=O) groups excluding carboxylic acids is 3. The van der Waals surface area contributed by atoms with Crippen LogP contribution in [0.4, 0.5) is 0 Å². The lowest BCUT2D eigenvalue weighted by Gasteiger charge is -2.37. The molecule has 3 fully saturated rings. The van der Waals surface area contributed by atoms with E-state index in [2.05, 4.69) is 4.90 Å². The van der Waals surface area contributed by atoms with Gasteiger partial charge in [0.1, 0.15) is 0 Å². The molecule has 0 bridgehead atoms. The molecule has 0 spiro atoms. The first kappa shape index (κ1) is 19.1. The molecule has 2 N–H and O–H groups in total. The van der Waals surface area contributed by atoms with Crippen molar-refractivity contribution in [3.8, 4) is 0 Å². The van der Waals surface area contributed by atoms with Gasteiger partial charge in [-0.15, -0.1) is 0 Å². The van der Waals surface area contributed by atoms with Gasteiger partial charge in [0.25, 0.3) is 0 Å². The third-order valence-corrected chi connectivity index (χ3v) is 6.21. The van der Waals surface area contributed by atoms with Gasteiger partial charge in [0, 0.05) is 38.0 Å². The number of hydrogen-bond acceptors (Lipinski definition) is 4. The number of rotatable bonds is 4. The zero-order chi connectivity index (χ0) is 18.5. The number of primary amides is 1. The summed E-state index contributed by atoms with van der Waals surface area (Å²) in [4.78, 5) is 42.4. The van der Waals surface area contributed by atoms with E-state index in [0.29, 0.717) is 38.4 Å². The van der Waals surface area contributed by atoms with Gasteiger partial charge in [0.15, 0.2) is 0 Å². The van der Waals surface area contributed by atoms with Gasteiger partial charge < -0.3 is 15.5 Å². The lowest BCUT2D eigenvalue weighted by molar-refractivity contribution is -0.139. The second-order valence-electron chi connectivity index (χ2n) is 7.99. The average molecular weight is 364 g/mol. The molecule has 3 aliphatic heterocycles. The molecular formula is C19H32N4O3. The van der Waals surface area contributed by atoms with E-state index in [1.807, 2.05) is 9.80 Å². The third kappa shape index (κ3) is 4.75. The SMILES string of the molecule is NC(=O)C1CCN(C(=O)CN2CCC(C(=O)N3CCCCC3)CC2)CC1. The summed E-state index contributed by atoms with van der Waals surface area (Å²) in [7, 11) is 0. The number of hydrogen-bond donors (Lipinski definition) is 1. The zero-order valence-electron chi connectivity index (χ0n) is 15.7. The van der Waals surface area contributed by atoms with E-state index in [0.717, 1.165) is 51.9 Å². The molecule has 0 saturated carbocycles. The number of piperidine rings is 3. The van der Waals surface area contributed by atoms with Crippen LogP contribution in [0, 0.1) is 11.8 Å². The quantitative estimate of drug-likeness (QED) is 0.784. The molecule has 3 heterocycles. The number of carbonyl (C=O) groups is 3. The summed E-state index contributed by atoms with van der Waals surface area (Å²) in [5.41, 5.74) is 5.35. The van der Waals surface area contributed by atoms with E-state index < -0.39 is 0 Å². The normalized spacial score (nSPS) is 23.8. The van der Waals surface area contributed by atoms with Crippen LogP contribution in [0.5, 0.6) is 0 Å². The van der Waals surface area contributed by atoms with Crippen molar-refractivity contribution in [2.75, 3.05) is 45.8 Å². The Labute approximate surface area is 155 Å². The van der Waals surface area contributed by atoms with E-state index in [1.165, 1.54) is 6.42 Å². The molecule has 0 unspecified atom stereocenters. The minimum Gasteiger partial charge on any atom is -0.369 e. The summed E-state index contributed by atoms with van der Waals surface area (Å²) < 4.78 is 0. The Morgan fingerprint density at radius 2 is 1.31 bits per heavy atom. The number of nitrogens with zero attached hydrogens (tertiary/aromatic N) is 3. The maximum Gasteiger partial charge on any atom is 0.236 e. The molecule has 0 aliphatic carbocycles. The first-order valence-corrected chi connectivity index (χ1v) is 10.1. The van der Waals surface area contributed by atoms with Crippen LogP contribution in [-0.2, 0) is 14.4 Å². The summed E-state index contributed by atoms with van der Waals surface area (Å²) in [5.74, 6) is 0.247. The summed E-state index contributed by atoms with van der Waals surface area (Å²) in [6.07, 6.45) is 6.55. The van der Waals surface area contributed by atoms with Crippen molar-refractivity contribution < 1.29 is 14.4 Å². The Kier molecular flexibility index (Phi) is 6.51. The van der Waals surface area contributed by atoms with E-state index in [1.54, 1.807) is 0 Å². The van der Waals surface area contributed by atoms with E-state index in [9.17, 15) is 14.4 Å². The van der Waals surface area contributed by atoms with Crippen LogP contribution in [0.1, 0.15) is 44.9 Å². The fourth-order valence-electron chi connectivity index (χ4n) is 4.42. The summed E-state index contributed by atoms with van der Waals surface area (Å²) in [5, 5.41) is 0. The van der Waals surface area contributed by atoms with Gasteiger partial charge in [-0.3, -0.25) is 19.3 Å². The minimum absolute atomic E-state index is 0.0874. The fraction of sp³-hybridized carbons (Fsp3) is 0.842. The van der Waals surface area contributed by atoms with Crippen LogP contribution in [0.2, 0.25) is 0 Å². The molecule has 0 radical (unpaired) electrons. The fourth-order valence-corrected chi connectivity index (χ4v) is 4.42. The molecule has 0 atom stereocenters. The van der Waals surface area contributed by atoms with E-state index in [4.69, 9.17) is 5.73 Å². The Bertz CT molecular complexity index is 517. The van der Waals surface area contributed by atoms with Gasteiger partial charge in [-0.05, 0) is 58.0 Å².